The molecule has 0 amide bonds. The average Bonchev–Trinajstić information content (AvgIpc) is 2.47. The lowest BCUT2D eigenvalue weighted by Crippen LogP contribution is -2.38. The summed E-state index contributed by atoms with van der Waals surface area (Å²) in [5.74, 6) is 0.952. The van der Waals surface area contributed by atoms with E-state index >= 15 is 0 Å². The van der Waals surface area contributed by atoms with E-state index < -0.39 is 0 Å². The van der Waals surface area contributed by atoms with Crippen molar-refractivity contribution in [1.82, 2.24) is 10.2 Å². The van der Waals surface area contributed by atoms with Gasteiger partial charge in [0.1, 0.15) is 0 Å². The van der Waals surface area contributed by atoms with Crippen LogP contribution in [0.4, 0.5) is 0 Å². The van der Waals surface area contributed by atoms with Crippen LogP contribution >= 0.6 is 24.0 Å². The van der Waals surface area contributed by atoms with Gasteiger partial charge < -0.3 is 15.0 Å². The molecule has 1 rings (SSSR count). The molecule has 0 spiro atoms. The fraction of sp³-hybridized carbons (Fsp3) is 0.562. The zero-order valence-electron chi connectivity index (χ0n) is 13.3. The van der Waals surface area contributed by atoms with Crippen LogP contribution in [0.5, 0.6) is 0 Å². The summed E-state index contributed by atoms with van der Waals surface area (Å²) in [5, 5.41) is 3.33. The molecule has 1 aromatic carbocycles. The van der Waals surface area contributed by atoms with Gasteiger partial charge in [0.25, 0.3) is 0 Å². The Morgan fingerprint density at radius 1 is 1.24 bits per heavy atom. The van der Waals surface area contributed by atoms with Crippen LogP contribution < -0.4 is 5.32 Å². The van der Waals surface area contributed by atoms with Gasteiger partial charge in [0.05, 0.1) is 0 Å². The topological polar surface area (TPSA) is 36.9 Å². The summed E-state index contributed by atoms with van der Waals surface area (Å²) in [6, 6.07) is 10.4. The molecule has 1 N–H and O–H groups in total. The number of nitrogens with one attached hydrogen (secondary N) is 1. The van der Waals surface area contributed by atoms with E-state index in [2.05, 4.69) is 53.4 Å². The van der Waals surface area contributed by atoms with E-state index in [0.717, 1.165) is 45.2 Å². The lowest BCUT2D eigenvalue weighted by Gasteiger charge is -2.22. The van der Waals surface area contributed by atoms with Crippen LogP contribution in [0.15, 0.2) is 35.3 Å². The van der Waals surface area contributed by atoms with Crippen molar-refractivity contribution in [2.24, 2.45) is 4.99 Å². The van der Waals surface area contributed by atoms with Crippen LogP contribution in [0.25, 0.3) is 0 Å². The van der Waals surface area contributed by atoms with E-state index in [9.17, 15) is 0 Å². The Labute approximate surface area is 146 Å². The number of halogens is 1. The number of ether oxygens (including phenoxy) is 1. The van der Waals surface area contributed by atoms with Crippen LogP contribution in [0.1, 0.15) is 25.8 Å². The molecule has 0 aliphatic heterocycles. The molecule has 0 aliphatic carbocycles. The third-order valence-electron chi connectivity index (χ3n) is 2.87. The molecule has 4 nitrogen and oxygen atoms in total. The van der Waals surface area contributed by atoms with Crippen molar-refractivity contribution in [1.29, 1.82) is 0 Å². The third kappa shape index (κ3) is 8.93. The van der Waals surface area contributed by atoms with Crippen LogP contribution in [-0.2, 0) is 11.3 Å². The van der Waals surface area contributed by atoms with Gasteiger partial charge in [-0.1, -0.05) is 30.3 Å². The molecular weight excluding hydrogens is 377 g/mol. The fourth-order valence-corrected chi connectivity index (χ4v) is 1.90. The lowest BCUT2D eigenvalue weighted by molar-refractivity contribution is 0.146. The van der Waals surface area contributed by atoms with Gasteiger partial charge in [0, 0.05) is 39.9 Å². The molecule has 0 heterocycles. The van der Waals surface area contributed by atoms with Crippen molar-refractivity contribution in [3.8, 4) is 0 Å². The number of rotatable bonds is 8. The van der Waals surface area contributed by atoms with E-state index in [-0.39, 0.29) is 24.0 Å². The highest BCUT2D eigenvalue weighted by Gasteiger charge is 2.05. The van der Waals surface area contributed by atoms with Gasteiger partial charge in [-0.3, -0.25) is 4.99 Å². The van der Waals surface area contributed by atoms with E-state index in [0.29, 0.717) is 0 Å². The van der Waals surface area contributed by atoms with Gasteiger partial charge in [-0.25, -0.2) is 0 Å². The molecule has 0 atom stereocenters. The second-order valence-corrected chi connectivity index (χ2v) is 4.63. The zero-order chi connectivity index (χ0) is 14.6. The lowest BCUT2D eigenvalue weighted by atomic mass is 10.2. The van der Waals surface area contributed by atoms with Crippen molar-refractivity contribution < 1.29 is 4.74 Å². The molecule has 0 saturated heterocycles. The normalized spacial score (nSPS) is 10.9. The monoisotopic (exact) mass is 405 g/mol. The number of hydrogen-bond donors (Lipinski definition) is 1. The van der Waals surface area contributed by atoms with Gasteiger partial charge in [-0.2, -0.15) is 0 Å². The van der Waals surface area contributed by atoms with Crippen LogP contribution in [0, 0.1) is 0 Å². The first-order valence-corrected chi connectivity index (χ1v) is 7.39. The molecule has 0 fully saturated rings. The van der Waals surface area contributed by atoms with E-state index in [1.807, 2.05) is 13.0 Å². The van der Waals surface area contributed by atoms with Crippen molar-refractivity contribution in [2.45, 2.75) is 26.8 Å². The molecule has 5 heteroatoms. The Bertz CT molecular complexity index is 384. The Morgan fingerprint density at radius 2 is 1.95 bits per heavy atom. The molecule has 0 aliphatic rings. The predicted octanol–water partition coefficient (Wildman–Crippen LogP) is 3.13. The number of hydrogen-bond acceptors (Lipinski definition) is 2. The number of guanidine groups is 1. The first-order valence-electron chi connectivity index (χ1n) is 7.39. The van der Waals surface area contributed by atoms with E-state index in [1.54, 1.807) is 0 Å². The molecule has 0 unspecified atom stereocenters. The SMILES string of the molecule is CCNC(=NCCCOCC)N(C)Cc1ccccc1.I. The van der Waals surface area contributed by atoms with Gasteiger partial charge in [-0.15, -0.1) is 24.0 Å². The molecule has 0 aromatic heterocycles. The number of nitrogens with zero attached hydrogens (tertiary/aromatic N) is 2. The second kappa shape index (κ2) is 12.9. The van der Waals surface area contributed by atoms with E-state index in [4.69, 9.17) is 4.74 Å². The van der Waals surface area contributed by atoms with Crippen LogP contribution in [0.3, 0.4) is 0 Å². The highest BCUT2D eigenvalue weighted by molar-refractivity contribution is 14.0. The summed E-state index contributed by atoms with van der Waals surface area (Å²) in [7, 11) is 2.07. The van der Waals surface area contributed by atoms with Crippen molar-refractivity contribution in [2.75, 3.05) is 33.4 Å². The first kappa shape index (κ1) is 20.2. The van der Waals surface area contributed by atoms with Gasteiger partial charge in [0.15, 0.2) is 5.96 Å². The van der Waals surface area contributed by atoms with E-state index in [1.165, 1.54) is 5.56 Å². The van der Waals surface area contributed by atoms with Crippen LogP contribution in [-0.4, -0.2) is 44.2 Å². The molecule has 1 aromatic rings. The van der Waals surface area contributed by atoms with Crippen molar-refractivity contribution in [3.05, 3.63) is 35.9 Å². The standard InChI is InChI=1S/C16H27N3O.HI/c1-4-17-16(18-12-9-13-20-5-2)19(3)14-15-10-7-6-8-11-15;/h6-8,10-11H,4-5,9,12-14H2,1-3H3,(H,17,18);1H. The Kier molecular flexibility index (Phi) is 12.4. The van der Waals surface area contributed by atoms with Crippen molar-refractivity contribution >= 4 is 29.9 Å². The highest BCUT2D eigenvalue weighted by atomic mass is 127. The molecule has 0 saturated carbocycles. The Morgan fingerprint density at radius 3 is 2.57 bits per heavy atom. The first-order chi connectivity index (χ1) is 9.77. The third-order valence-corrected chi connectivity index (χ3v) is 2.87. The summed E-state index contributed by atoms with van der Waals surface area (Å²) in [6.07, 6.45) is 0.960. The molecular formula is C16H28IN3O. The minimum Gasteiger partial charge on any atom is -0.382 e. The quantitative estimate of drug-likeness (QED) is 0.313. The molecule has 0 radical (unpaired) electrons. The maximum Gasteiger partial charge on any atom is 0.193 e. The van der Waals surface area contributed by atoms with Crippen molar-refractivity contribution in [3.63, 3.8) is 0 Å². The largest absolute Gasteiger partial charge is 0.382 e. The number of aliphatic imine (C=N–C) groups is 1. The second-order valence-electron chi connectivity index (χ2n) is 4.63. The Hall–Kier alpha value is -0.820. The Balaban J connectivity index is 0.00000400. The average molecular weight is 405 g/mol. The summed E-state index contributed by atoms with van der Waals surface area (Å²) >= 11 is 0. The highest BCUT2D eigenvalue weighted by Crippen LogP contribution is 2.03. The summed E-state index contributed by atoms with van der Waals surface area (Å²) in [6.45, 7) is 8.19. The van der Waals surface area contributed by atoms with Gasteiger partial charge in [0.2, 0.25) is 0 Å². The van der Waals surface area contributed by atoms with Crippen LogP contribution in [0.2, 0.25) is 0 Å². The molecule has 21 heavy (non-hydrogen) atoms. The van der Waals surface area contributed by atoms with Gasteiger partial charge >= 0.3 is 0 Å². The maximum atomic E-state index is 5.33. The molecule has 120 valence electrons. The summed E-state index contributed by atoms with van der Waals surface area (Å²) < 4.78 is 5.33. The summed E-state index contributed by atoms with van der Waals surface area (Å²) in [5.41, 5.74) is 1.29. The molecule has 0 bridgehead atoms. The zero-order valence-corrected chi connectivity index (χ0v) is 15.7. The maximum absolute atomic E-state index is 5.33. The minimum atomic E-state index is 0. The van der Waals surface area contributed by atoms with Gasteiger partial charge in [-0.05, 0) is 25.8 Å². The minimum absolute atomic E-state index is 0. The fourth-order valence-electron chi connectivity index (χ4n) is 1.90. The smallest absolute Gasteiger partial charge is 0.193 e. The summed E-state index contributed by atoms with van der Waals surface area (Å²) in [4.78, 5) is 6.79. The predicted molar refractivity (Wildman–Crippen MR) is 100 cm³/mol. The number of benzene rings is 1.